The van der Waals surface area contributed by atoms with Gasteiger partial charge in [0.05, 0.1) is 0 Å². The van der Waals surface area contributed by atoms with Gasteiger partial charge in [-0.2, -0.15) is 0 Å². The minimum absolute atomic E-state index is 0.0351. The van der Waals surface area contributed by atoms with E-state index in [1.165, 1.54) is 0 Å². The van der Waals surface area contributed by atoms with Crippen LogP contribution in [0.25, 0.3) is 10.8 Å². The first-order valence-corrected chi connectivity index (χ1v) is 6.87. The number of benzene rings is 1. The second-order valence-corrected chi connectivity index (χ2v) is 5.70. The highest BCUT2D eigenvalue weighted by Gasteiger charge is 2.29. The number of halogens is 2. The summed E-state index contributed by atoms with van der Waals surface area (Å²) in [6, 6.07) is 7.61. The predicted octanol–water partition coefficient (Wildman–Crippen LogP) is 4.00. The maximum absolute atomic E-state index is 11.7. The molecule has 1 aliphatic rings. The van der Waals surface area contributed by atoms with Crippen molar-refractivity contribution >= 4 is 50.0 Å². The Balaban J connectivity index is 1.99. The molecule has 3 rings (SSSR count). The Kier molecular flexibility index (Phi) is 2.99. The van der Waals surface area contributed by atoms with Gasteiger partial charge >= 0.3 is 0 Å². The summed E-state index contributed by atoms with van der Waals surface area (Å²) in [4.78, 5) is 15.9. The van der Waals surface area contributed by atoms with Gasteiger partial charge in [-0.25, -0.2) is 4.98 Å². The molecule has 0 unspecified atom stereocenters. The number of carbonyl (C=O) groups is 1. The van der Waals surface area contributed by atoms with Crippen LogP contribution in [0.3, 0.4) is 0 Å². The Bertz CT molecular complexity index is 640. The van der Waals surface area contributed by atoms with Crippen LogP contribution in [-0.2, 0) is 4.79 Å². The number of pyridine rings is 1. The van der Waals surface area contributed by atoms with Crippen LogP contribution in [0.5, 0.6) is 0 Å². The normalized spacial score (nSPS) is 14.8. The molecule has 0 bridgehead atoms. The van der Waals surface area contributed by atoms with Crippen molar-refractivity contribution in [2.75, 3.05) is 5.32 Å². The second kappa shape index (κ2) is 4.52. The fourth-order valence-corrected chi connectivity index (χ4v) is 2.47. The lowest BCUT2D eigenvalue weighted by Gasteiger charge is -2.07. The zero-order valence-corrected chi connectivity index (χ0v) is 11.8. The van der Waals surface area contributed by atoms with Gasteiger partial charge in [-0.3, -0.25) is 4.79 Å². The summed E-state index contributed by atoms with van der Waals surface area (Å²) in [7, 11) is 0. The third-order valence-electron chi connectivity index (χ3n) is 2.95. The van der Waals surface area contributed by atoms with E-state index in [1.807, 2.05) is 24.3 Å². The predicted molar refractivity (Wildman–Crippen MR) is 75.8 cm³/mol. The molecule has 1 amide bonds. The van der Waals surface area contributed by atoms with E-state index in [0.29, 0.717) is 11.0 Å². The molecule has 1 saturated carbocycles. The molecule has 3 nitrogen and oxygen atoms in total. The molecule has 0 aliphatic heterocycles. The van der Waals surface area contributed by atoms with Gasteiger partial charge in [0.1, 0.15) is 11.0 Å². The van der Waals surface area contributed by atoms with Crippen molar-refractivity contribution in [1.82, 2.24) is 4.98 Å². The number of rotatable bonds is 2. The van der Waals surface area contributed by atoms with Crippen LogP contribution in [0.4, 0.5) is 5.82 Å². The molecule has 18 heavy (non-hydrogen) atoms. The van der Waals surface area contributed by atoms with Crippen molar-refractivity contribution < 1.29 is 4.79 Å². The number of carbonyl (C=O) groups excluding carboxylic acids is 1. The zero-order valence-electron chi connectivity index (χ0n) is 9.41. The van der Waals surface area contributed by atoms with Crippen LogP contribution in [0, 0.1) is 5.92 Å². The molecular weight excluding hydrogens is 316 g/mol. The van der Waals surface area contributed by atoms with Gasteiger partial charge in [-0.05, 0) is 36.4 Å². The lowest BCUT2D eigenvalue weighted by molar-refractivity contribution is -0.117. The fraction of sp³-hybridized carbons (Fsp3) is 0.231. The Morgan fingerprint density at radius 3 is 2.89 bits per heavy atom. The summed E-state index contributed by atoms with van der Waals surface area (Å²) in [6.45, 7) is 0. The number of hydrogen-bond acceptors (Lipinski definition) is 2. The van der Waals surface area contributed by atoms with E-state index in [1.54, 1.807) is 0 Å². The lowest BCUT2D eigenvalue weighted by Crippen LogP contribution is -2.14. The van der Waals surface area contributed by atoms with E-state index < -0.39 is 0 Å². The van der Waals surface area contributed by atoms with Crippen molar-refractivity contribution in [2.24, 2.45) is 5.92 Å². The van der Waals surface area contributed by atoms with Gasteiger partial charge in [0.15, 0.2) is 0 Å². The van der Waals surface area contributed by atoms with E-state index in [-0.39, 0.29) is 11.8 Å². The second-order valence-electron chi connectivity index (χ2n) is 4.43. The van der Waals surface area contributed by atoms with Crippen molar-refractivity contribution in [1.29, 1.82) is 0 Å². The maximum atomic E-state index is 11.7. The maximum Gasteiger partial charge on any atom is 0.228 e. The van der Waals surface area contributed by atoms with Crippen LogP contribution in [-0.4, -0.2) is 10.9 Å². The molecular formula is C13H10BrClN2O. The summed E-state index contributed by atoms with van der Waals surface area (Å²) in [5, 5.41) is 5.05. The SMILES string of the molecule is O=C(Nc1cc2cc(Br)ccc2c(Cl)n1)C1CC1. The third-order valence-corrected chi connectivity index (χ3v) is 3.73. The zero-order chi connectivity index (χ0) is 12.7. The first kappa shape index (κ1) is 11.9. The van der Waals surface area contributed by atoms with Crippen LogP contribution < -0.4 is 5.32 Å². The summed E-state index contributed by atoms with van der Waals surface area (Å²) < 4.78 is 0.969. The Labute approximate surface area is 118 Å². The molecule has 5 heteroatoms. The molecule has 0 radical (unpaired) electrons. The molecule has 1 aliphatic carbocycles. The average Bonchev–Trinajstić information content (AvgIpc) is 3.11. The van der Waals surface area contributed by atoms with Gasteiger partial charge in [0.25, 0.3) is 0 Å². The highest BCUT2D eigenvalue weighted by atomic mass is 79.9. The van der Waals surface area contributed by atoms with Gasteiger partial charge < -0.3 is 5.32 Å². The molecule has 0 spiro atoms. The highest BCUT2D eigenvalue weighted by Crippen LogP contribution is 2.31. The lowest BCUT2D eigenvalue weighted by atomic mass is 10.2. The van der Waals surface area contributed by atoms with E-state index in [0.717, 1.165) is 28.1 Å². The van der Waals surface area contributed by atoms with Crippen molar-refractivity contribution in [3.63, 3.8) is 0 Å². The molecule has 1 aromatic carbocycles. The summed E-state index contributed by atoms with van der Waals surface area (Å²) in [5.74, 6) is 0.708. The highest BCUT2D eigenvalue weighted by molar-refractivity contribution is 9.10. The summed E-state index contributed by atoms with van der Waals surface area (Å²) in [6.07, 6.45) is 1.94. The van der Waals surface area contributed by atoms with Gasteiger partial charge in [-0.1, -0.05) is 33.6 Å². The number of amides is 1. The number of fused-ring (bicyclic) bond motifs is 1. The van der Waals surface area contributed by atoms with Crippen molar-refractivity contribution in [3.8, 4) is 0 Å². The van der Waals surface area contributed by atoms with Crippen LogP contribution in [0.2, 0.25) is 5.15 Å². The molecule has 1 fully saturated rings. The molecule has 1 N–H and O–H groups in total. The minimum atomic E-state index is 0.0351. The molecule has 1 heterocycles. The van der Waals surface area contributed by atoms with Gasteiger partial charge in [0, 0.05) is 15.8 Å². The van der Waals surface area contributed by atoms with E-state index in [9.17, 15) is 4.79 Å². The van der Waals surface area contributed by atoms with Crippen LogP contribution in [0.15, 0.2) is 28.7 Å². The first-order chi connectivity index (χ1) is 8.63. The monoisotopic (exact) mass is 324 g/mol. The largest absolute Gasteiger partial charge is 0.310 e. The smallest absolute Gasteiger partial charge is 0.228 e. The quantitative estimate of drug-likeness (QED) is 0.848. The van der Waals surface area contributed by atoms with Crippen LogP contribution >= 0.6 is 27.5 Å². The number of aromatic nitrogens is 1. The van der Waals surface area contributed by atoms with Crippen LogP contribution in [0.1, 0.15) is 12.8 Å². The van der Waals surface area contributed by atoms with Gasteiger partial charge in [-0.15, -0.1) is 0 Å². The number of anilines is 1. The fourth-order valence-electron chi connectivity index (χ4n) is 1.82. The Morgan fingerprint density at radius 1 is 1.39 bits per heavy atom. The summed E-state index contributed by atoms with van der Waals surface area (Å²) in [5.41, 5.74) is 0. The molecule has 1 aromatic heterocycles. The Hall–Kier alpha value is -1.13. The molecule has 92 valence electrons. The third kappa shape index (κ3) is 2.35. The summed E-state index contributed by atoms with van der Waals surface area (Å²) >= 11 is 9.53. The number of hydrogen-bond donors (Lipinski definition) is 1. The number of nitrogens with zero attached hydrogens (tertiary/aromatic N) is 1. The topological polar surface area (TPSA) is 42.0 Å². The van der Waals surface area contributed by atoms with E-state index >= 15 is 0 Å². The molecule has 0 atom stereocenters. The van der Waals surface area contributed by atoms with Gasteiger partial charge in [0.2, 0.25) is 5.91 Å². The van der Waals surface area contributed by atoms with Crippen molar-refractivity contribution in [3.05, 3.63) is 33.9 Å². The standard InChI is InChI=1S/C13H10BrClN2O/c14-9-3-4-10-8(5-9)6-11(16-12(10)15)17-13(18)7-1-2-7/h3-7H,1-2H2,(H,16,17,18). The minimum Gasteiger partial charge on any atom is -0.310 e. The molecule has 2 aromatic rings. The molecule has 0 saturated heterocycles. The first-order valence-electron chi connectivity index (χ1n) is 5.70. The van der Waals surface area contributed by atoms with Crippen molar-refractivity contribution in [2.45, 2.75) is 12.8 Å². The average molecular weight is 326 g/mol. The Morgan fingerprint density at radius 2 is 2.17 bits per heavy atom. The number of nitrogens with one attached hydrogen (secondary N) is 1. The van der Waals surface area contributed by atoms with E-state index in [4.69, 9.17) is 11.6 Å². The van der Waals surface area contributed by atoms with E-state index in [2.05, 4.69) is 26.2 Å².